The van der Waals surface area contributed by atoms with Gasteiger partial charge in [-0.2, -0.15) is 0 Å². The van der Waals surface area contributed by atoms with Crippen LogP contribution in [0.4, 0.5) is 0 Å². The number of nitrogens with one attached hydrogen (secondary N) is 1. The first-order valence-corrected chi connectivity index (χ1v) is 9.47. The van der Waals surface area contributed by atoms with Gasteiger partial charge in [0.2, 0.25) is 0 Å². The lowest BCUT2D eigenvalue weighted by molar-refractivity contribution is -0.137. The van der Waals surface area contributed by atoms with Gasteiger partial charge in [-0.3, -0.25) is 4.79 Å². The molecule has 0 aliphatic carbocycles. The molecule has 2 rings (SSSR count). The average molecular weight is 373 g/mol. The van der Waals surface area contributed by atoms with Crippen molar-refractivity contribution in [1.29, 1.82) is 0 Å². The summed E-state index contributed by atoms with van der Waals surface area (Å²) in [5, 5.41) is 4.64. The second-order valence-electron chi connectivity index (χ2n) is 5.47. The van der Waals surface area contributed by atoms with Gasteiger partial charge in [-0.05, 0) is 36.4 Å². The number of ether oxygens (including phenoxy) is 2. The lowest BCUT2D eigenvalue weighted by Crippen LogP contribution is -2.24. The predicted molar refractivity (Wildman–Crippen MR) is 103 cm³/mol. The first-order valence-electron chi connectivity index (χ1n) is 8.59. The third-order valence-electron chi connectivity index (χ3n) is 3.38. The summed E-state index contributed by atoms with van der Waals surface area (Å²) >= 11 is 1.39. The zero-order chi connectivity index (χ0) is 18.6. The van der Waals surface area contributed by atoms with E-state index in [1.807, 2.05) is 42.6 Å². The fourth-order valence-corrected chi connectivity index (χ4v) is 2.75. The maximum Gasteiger partial charge on any atom is 0.330 e. The quantitative estimate of drug-likeness (QED) is 0.390. The minimum absolute atomic E-state index is 0.102. The molecule has 5 nitrogen and oxygen atoms in total. The number of carbonyl (C=O) groups is 2. The van der Waals surface area contributed by atoms with Crippen molar-refractivity contribution in [2.75, 3.05) is 19.8 Å². The van der Waals surface area contributed by atoms with Crippen LogP contribution in [0.1, 0.15) is 35.0 Å². The van der Waals surface area contributed by atoms with Gasteiger partial charge in [-0.15, -0.1) is 11.3 Å². The van der Waals surface area contributed by atoms with Crippen LogP contribution in [-0.2, 0) is 9.53 Å². The van der Waals surface area contributed by atoms with Crippen molar-refractivity contribution in [2.45, 2.75) is 19.8 Å². The van der Waals surface area contributed by atoms with E-state index in [2.05, 4.69) is 5.32 Å². The molecule has 0 aliphatic heterocycles. The van der Waals surface area contributed by atoms with Crippen LogP contribution in [0.3, 0.4) is 0 Å². The molecule has 1 aromatic heterocycles. The van der Waals surface area contributed by atoms with Crippen molar-refractivity contribution < 1.29 is 19.1 Å². The van der Waals surface area contributed by atoms with Crippen molar-refractivity contribution in [3.05, 3.63) is 58.3 Å². The average Bonchev–Trinajstić information content (AvgIpc) is 3.19. The minimum atomic E-state index is -0.417. The summed E-state index contributed by atoms with van der Waals surface area (Å²) in [4.78, 5) is 24.2. The second kappa shape index (κ2) is 11.1. The van der Waals surface area contributed by atoms with E-state index in [0.29, 0.717) is 24.4 Å². The van der Waals surface area contributed by atoms with E-state index >= 15 is 0 Å². The standard InChI is InChI=1S/C20H23NO4S/c1-2-13-24-17-8-4-3-7-16(17)10-11-19(22)25-14-6-12-21-20(23)18-9-5-15-26-18/h3-5,7-11,15H,2,6,12-14H2,1H3,(H,21,23)/b11-10+. The van der Waals surface area contributed by atoms with Crippen LogP contribution in [0.25, 0.3) is 6.08 Å². The first kappa shape index (κ1) is 19.7. The fraction of sp³-hybridized carbons (Fsp3) is 0.300. The maximum absolute atomic E-state index is 11.8. The Balaban J connectivity index is 1.68. The summed E-state index contributed by atoms with van der Waals surface area (Å²) in [5.74, 6) is 0.226. The molecule has 0 spiro atoms. The van der Waals surface area contributed by atoms with Crippen LogP contribution in [0.5, 0.6) is 5.75 Å². The third-order valence-corrected chi connectivity index (χ3v) is 4.24. The molecule has 0 saturated heterocycles. The van der Waals surface area contributed by atoms with Crippen molar-refractivity contribution >= 4 is 29.3 Å². The molecule has 1 heterocycles. The lowest BCUT2D eigenvalue weighted by Gasteiger charge is -2.07. The van der Waals surface area contributed by atoms with Gasteiger partial charge >= 0.3 is 5.97 Å². The van der Waals surface area contributed by atoms with Crippen molar-refractivity contribution in [2.24, 2.45) is 0 Å². The highest BCUT2D eigenvalue weighted by Crippen LogP contribution is 2.19. The summed E-state index contributed by atoms with van der Waals surface area (Å²) in [6, 6.07) is 11.1. The monoisotopic (exact) mass is 373 g/mol. The van der Waals surface area contributed by atoms with E-state index < -0.39 is 5.97 Å². The lowest BCUT2D eigenvalue weighted by atomic mass is 10.2. The molecular formula is C20H23NO4S. The van der Waals surface area contributed by atoms with E-state index in [0.717, 1.165) is 17.7 Å². The van der Waals surface area contributed by atoms with Crippen LogP contribution >= 0.6 is 11.3 Å². The van der Waals surface area contributed by atoms with Crippen LogP contribution in [-0.4, -0.2) is 31.6 Å². The van der Waals surface area contributed by atoms with Gasteiger partial charge in [0.05, 0.1) is 18.1 Å². The summed E-state index contributed by atoms with van der Waals surface area (Å²) < 4.78 is 10.8. The molecule has 138 valence electrons. The summed E-state index contributed by atoms with van der Waals surface area (Å²) in [5.41, 5.74) is 0.834. The van der Waals surface area contributed by atoms with Gasteiger partial charge in [-0.25, -0.2) is 4.79 Å². The summed E-state index contributed by atoms with van der Waals surface area (Å²) in [6.07, 6.45) is 4.56. The molecule has 0 bridgehead atoms. The van der Waals surface area contributed by atoms with E-state index in [4.69, 9.17) is 9.47 Å². The van der Waals surface area contributed by atoms with E-state index in [1.54, 1.807) is 12.1 Å². The molecule has 2 aromatic rings. The number of hydrogen-bond acceptors (Lipinski definition) is 5. The Labute approximate surface area is 157 Å². The molecule has 1 aromatic carbocycles. The van der Waals surface area contributed by atoms with Crippen LogP contribution in [0.2, 0.25) is 0 Å². The molecule has 26 heavy (non-hydrogen) atoms. The Hall–Kier alpha value is -2.60. The Kier molecular flexibility index (Phi) is 8.42. The number of thiophene rings is 1. The van der Waals surface area contributed by atoms with Crippen LogP contribution < -0.4 is 10.1 Å². The molecule has 0 fully saturated rings. The Bertz CT molecular complexity index is 725. The van der Waals surface area contributed by atoms with Gasteiger partial charge in [0.15, 0.2) is 0 Å². The predicted octanol–water partition coefficient (Wildman–Crippen LogP) is 3.91. The molecule has 6 heteroatoms. The number of esters is 1. The van der Waals surface area contributed by atoms with Gasteiger partial charge in [0.25, 0.3) is 5.91 Å². The van der Waals surface area contributed by atoms with Gasteiger partial charge in [0, 0.05) is 18.2 Å². The maximum atomic E-state index is 11.8. The number of para-hydroxylation sites is 1. The van der Waals surface area contributed by atoms with Crippen molar-refractivity contribution in [3.8, 4) is 5.75 Å². The zero-order valence-electron chi connectivity index (χ0n) is 14.8. The molecule has 0 unspecified atom stereocenters. The van der Waals surface area contributed by atoms with Gasteiger partial charge in [0.1, 0.15) is 5.75 Å². The summed E-state index contributed by atoms with van der Waals surface area (Å²) in [7, 11) is 0. The number of carbonyl (C=O) groups excluding carboxylic acids is 2. The van der Waals surface area contributed by atoms with Crippen LogP contribution in [0, 0.1) is 0 Å². The van der Waals surface area contributed by atoms with Crippen molar-refractivity contribution in [3.63, 3.8) is 0 Å². The Morgan fingerprint density at radius 3 is 2.77 bits per heavy atom. The second-order valence-corrected chi connectivity index (χ2v) is 6.42. The molecule has 0 radical (unpaired) electrons. The molecular weight excluding hydrogens is 350 g/mol. The third kappa shape index (κ3) is 6.72. The molecule has 0 atom stereocenters. The highest BCUT2D eigenvalue weighted by Gasteiger charge is 2.05. The highest BCUT2D eigenvalue weighted by atomic mass is 32.1. The SMILES string of the molecule is CCCOc1ccccc1/C=C/C(=O)OCCCNC(=O)c1cccs1. The summed E-state index contributed by atoms with van der Waals surface area (Å²) in [6.45, 7) is 3.38. The van der Waals surface area contributed by atoms with Gasteiger partial charge < -0.3 is 14.8 Å². The number of benzene rings is 1. The molecule has 0 saturated carbocycles. The number of rotatable bonds is 10. The largest absolute Gasteiger partial charge is 0.493 e. The van der Waals surface area contributed by atoms with E-state index in [9.17, 15) is 9.59 Å². The smallest absolute Gasteiger partial charge is 0.330 e. The molecule has 0 aliphatic rings. The minimum Gasteiger partial charge on any atom is -0.493 e. The first-order chi connectivity index (χ1) is 12.7. The molecule has 1 amide bonds. The van der Waals surface area contributed by atoms with E-state index in [1.165, 1.54) is 17.4 Å². The fourth-order valence-electron chi connectivity index (χ4n) is 2.11. The Morgan fingerprint density at radius 1 is 1.15 bits per heavy atom. The van der Waals surface area contributed by atoms with Crippen molar-refractivity contribution in [1.82, 2.24) is 5.32 Å². The molecule has 1 N–H and O–H groups in total. The number of hydrogen-bond donors (Lipinski definition) is 1. The normalized spacial score (nSPS) is 10.7. The topological polar surface area (TPSA) is 64.6 Å². The van der Waals surface area contributed by atoms with Crippen LogP contribution in [0.15, 0.2) is 47.9 Å². The van der Waals surface area contributed by atoms with Gasteiger partial charge in [-0.1, -0.05) is 31.2 Å². The highest BCUT2D eigenvalue weighted by molar-refractivity contribution is 7.12. The number of amides is 1. The van der Waals surface area contributed by atoms with E-state index in [-0.39, 0.29) is 12.5 Å². The zero-order valence-corrected chi connectivity index (χ0v) is 15.6. The Morgan fingerprint density at radius 2 is 2.00 bits per heavy atom.